The average Bonchev–Trinajstić information content (AvgIpc) is 2.75. The number of aromatic nitrogens is 2. The highest BCUT2D eigenvalue weighted by Crippen LogP contribution is 2.22. The van der Waals surface area contributed by atoms with Gasteiger partial charge in [0.2, 0.25) is 5.91 Å². The summed E-state index contributed by atoms with van der Waals surface area (Å²) in [5.41, 5.74) is 1.63. The summed E-state index contributed by atoms with van der Waals surface area (Å²) in [5.74, 6) is 0.417. The number of nitrogens with zero attached hydrogens (tertiary/aromatic N) is 3. The maximum absolute atomic E-state index is 13.2. The van der Waals surface area contributed by atoms with Gasteiger partial charge in [-0.15, -0.1) is 0 Å². The molecule has 0 saturated carbocycles. The van der Waals surface area contributed by atoms with E-state index in [0.717, 1.165) is 24.9 Å². The minimum atomic E-state index is -0.0688. The van der Waals surface area contributed by atoms with E-state index in [-0.39, 0.29) is 17.5 Å². The molecule has 1 aliphatic rings. The number of carbonyl (C=O) groups excluding carboxylic acids is 1. The fraction of sp³-hybridized carbons (Fsp3) is 0.348. The molecule has 29 heavy (non-hydrogen) atoms. The van der Waals surface area contributed by atoms with Crippen molar-refractivity contribution >= 4 is 28.6 Å². The Labute approximate surface area is 174 Å². The monoisotopic (exact) mass is 407 g/mol. The summed E-state index contributed by atoms with van der Waals surface area (Å²) in [5, 5.41) is 1.19. The van der Waals surface area contributed by atoms with Crippen LogP contribution in [0.15, 0.2) is 64.5 Å². The van der Waals surface area contributed by atoms with Gasteiger partial charge in [0.25, 0.3) is 5.56 Å². The zero-order valence-corrected chi connectivity index (χ0v) is 17.4. The molecule has 1 aliphatic heterocycles. The number of amides is 1. The predicted octanol–water partition coefficient (Wildman–Crippen LogP) is 3.94. The topological polar surface area (TPSA) is 55.2 Å². The van der Waals surface area contributed by atoms with Gasteiger partial charge in [0.1, 0.15) is 0 Å². The molecule has 2 aromatic carbocycles. The lowest BCUT2D eigenvalue weighted by Crippen LogP contribution is -2.43. The molecule has 1 atom stereocenters. The molecule has 2 heterocycles. The van der Waals surface area contributed by atoms with Crippen molar-refractivity contribution in [3.8, 4) is 0 Å². The average molecular weight is 408 g/mol. The number of carbonyl (C=O) groups is 1. The third-order valence-corrected chi connectivity index (χ3v) is 6.42. The van der Waals surface area contributed by atoms with E-state index >= 15 is 0 Å². The van der Waals surface area contributed by atoms with Crippen molar-refractivity contribution in [2.75, 3.05) is 12.3 Å². The van der Waals surface area contributed by atoms with Crippen LogP contribution in [-0.4, -0.2) is 38.7 Å². The lowest BCUT2D eigenvalue weighted by Gasteiger charge is -2.33. The molecule has 0 aliphatic carbocycles. The number of benzene rings is 2. The molecule has 0 N–H and O–H groups in total. The summed E-state index contributed by atoms with van der Waals surface area (Å²) in [6.45, 7) is 3.37. The summed E-state index contributed by atoms with van der Waals surface area (Å²) < 4.78 is 1.69. The fourth-order valence-corrected chi connectivity index (χ4v) is 4.73. The molecule has 150 valence electrons. The molecule has 0 bridgehead atoms. The van der Waals surface area contributed by atoms with E-state index in [2.05, 4.69) is 6.92 Å². The number of rotatable bonds is 5. The summed E-state index contributed by atoms with van der Waals surface area (Å²) in [7, 11) is 0. The van der Waals surface area contributed by atoms with Crippen LogP contribution in [0.1, 0.15) is 31.7 Å². The largest absolute Gasteiger partial charge is 0.339 e. The summed E-state index contributed by atoms with van der Waals surface area (Å²) >= 11 is 1.36. The Morgan fingerprint density at radius 1 is 1.10 bits per heavy atom. The van der Waals surface area contributed by atoms with Crippen molar-refractivity contribution in [3.05, 3.63) is 70.5 Å². The Bertz CT molecular complexity index is 1060. The highest BCUT2D eigenvalue weighted by atomic mass is 32.2. The minimum Gasteiger partial charge on any atom is -0.339 e. The molecule has 1 amide bonds. The number of fused-ring (bicyclic) bond motifs is 1. The predicted molar refractivity (Wildman–Crippen MR) is 117 cm³/mol. The second kappa shape index (κ2) is 8.82. The molecule has 1 unspecified atom stereocenters. The smallest absolute Gasteiger partial charge is 0.262 e. The lowest BCUT2D eigenvalue weighted by atomic mass is 10.0. The van der Waals surface area contributed by atoms with Gasteiger partial charge in [-0.05, 0) is 43.9 Å². The van der Waals surface area contributed by atoms with E-state index in [1.165, 1.54) is 18.2 Å². The van der Waals surface area contributed by atoms with Gasteiger partial charge in [0.15, 0.2) is 5.16 Å². The zero-order valence-electron chi connectivity index (χ0n) is 16.6. The van der Waals surface area contributed by atoms with Gasteiger partial charge < -0.3 is 4.90 Å². The van der Waals surface area contributed by atoms with E-state index in [1.807, 2.05) is 53.4 Å². The summed E-state index contributed by atoms with van der Waals surface area (Å²) in [6, 6.07) is 17.5. The van der Waals surface area contributed by atoms with Gasteiger partial charge in [-0.25, -0.2) is 4.98 Å². The van der Waals surface area contributed by atoms with Gasteiger partial charge in [-0.2, -0.15) is 0 Å². The van der Waals surface area contributed by atoms with E-state index in [0.29, 0.717) is 28.4 Å². The van der Waals surface area contributed by atoms with E-state index in [1.54, 1.807) is 10.6 Å². The first-order chi connectivity index (χ1) is 14.1. The maximum Gasteiger partial charge on any atom is 0.262 e. The summed E-state index contributed by atoms with van der Waals surface area (Å²) in [6.07, 6.45) is 3.30. The number of para-hydroxylation sites is 1. The van der Waals surface area contributed by atoms with Crippen molar-refractivity contribution in [1.29, 1.82) is 0 Å². The normalized spacial score (nSPS) is 16.9. The van der Waals surface area contributed by atoms with Crippen molar-refractivity contribution in [2.45, 2.75) is 43.9 Å². The van der Waals surface area contributed by atoms with Gasteiger partial charge >= 0.3 is 0 Å². The number of hydrogen-bond acceptors (Lipinski definition) is 4. The zero-order chi connectivity index (χ0) is 20.2. The molecule has 4 rings (SSSR count). The van der Waals surface area contributed by atoms with Crippen LogP contribution in [0.5, 0.6) is 0 Å². The van der Waals surface area contributed by atoms with Gasteiger partial charge in [-0.3, -0.25) is 14.2 Å². The van der Waals surface area contributed by atoms with E-state index < -0.39 is 0 Å². The second-order valence-corrected chi connectivity index (χ2v) is 8.45. The molecule has 5 nitrogen and oxygen atoms in total. The van der Waals surface area contributed by atoms with Crippen LogP contribution < -0.4 is 5.56 Å². The molecule has 1 saturated heterocycles. The van der Waals surface area contributed by atoms with Crippen LogP contribution in [-0.2, 0) is 11.3 Å². The second-order valence-electron chi connectivity index (χ2n) is 7.51. The highest BCUT2D eigenvalue weighted by molar-refractivity contribution is 7.99. The third-order valence-electron chi connectivity index (χ3n) is 5.46. The molecule has 1 aromatic heterocycles. The standard InChI is InChI=1S/C23H25N3O2S/c1-17-9-7-8-14-25(17)21(27)16-29-23-24-20-13-6-5-12-19(20)22(28)26(23)15-18-10-3-2-4-11-18/h2-6,10-13,17H,7-9,14-16H2,1H3. The number of piperidine rings is 1. The van der Waals surface area contributed by atoms with Crippen LogP contribution in [0.3, 0.4) is 0 Å². The third kappa shape index (κ3) is 4.37. The number of likely N-dealkylation sites (tertiary alicyclic amines) is 1. The maximum atomic E-state index is 13.2. The molecule has 3 aromatic rings. The van der Waals surface area contributed by atoms with Crippen LogP contribution in [0.2, 0.25) is 0 Å². The molecular formula is C23H25N3O2S. The number of hydrogen-bond donors (Lipinski definition) is 0. The van der Waals surface area contributed by atoms with E-state index in [4.69, 9.17) is 4.98 Å². The Balaban J connectivity index is 1.64. The first kappa shape index (κ1) is 19.7. The highest BCUT2D eigenvalue weighted by Gasteiger charge is 2.23. The molecule has 6 heteroatoms. The molecule has 0 spiro atoms. The molecular weight excluding hydrogens is 382 g/mol. The quantitative estimate of drug-likeness (QED) is 0.475. The number of thioether (sulfide) groups is 1. The van der Waals surface area contributed by atoms with Gasteiger partial charge in [0, 0.05) is 12.6 Å². The van der Waals surface area contributed by atoms with Crippen molar-refractivity contribution in [2.24, 2.45) is 0 Å². The SMILES string of the molecule is CC1CCCCN1C(=O)CSc1nc2ccccc2c(=O)n1Cc1ccccc1. The van der Waals surface area contributed by atoms with Crippen molar-refractivity contribution in [3.63, 3.8) is 0 Å². The Morgan fingerprint density at radius 2 is 1.86 bits per heavy atom. The fourth-order valence-electron chi connectivity index (χ4n) is 3.84. The molecule has 1 fully saturated rings. The Morgan fingerprint density at radius 3 is 2.66 bits per heavy atom. The van der Waals surface area contributed by atoms with Gasteiger partial charge in [0.05, 0.1) is 23.2 Å². The van der Waals surface area contributed by atoms with Crippen LogP contribution in [0.4, 0.5) is 0 Å². The Kier molecular flexibility index (Phi) is 6.00. The van der Waals surface area contributed by atoms with Crippen LogP contribution >= 0.6 is 11.8 Å². The van der Waals surface area contributed by atoms with Gasteiger partial charge in [-0.1, -0.05) is 54.2 Å². The van der Waals surface area contributed by atoms with Crippen LogP contribution in [0, 0.1) is 0 Å². The van der Waals surface area contributed by atoms with Crippen molar-refractivity contribution in [1.82, 2.24) is 14.5 Å². The minimum absolute atomic E-state index is 0.0688. The summed E-state index contributed by atoms with van der Waals surface area (Å²) in [4.78, 5) is 32.6. The Hall–Kier alpha value is -2.60. The first-order valence-electron chi connectivity index (χ1n) is 10.1. The first-order valence-corrected chi connectivity index (χ1v) is 11.1. The molecule has 0 radical (unpaired) electrons. The lowest BCUT2D eigenvalue weighted by molar-refractivity contribution is -0.131. The van der Waals surface area contributed by atoms with Crippen LogP contribution in [0.25, 0.3) is 10.9 Å². The van der Waals surface area contributed by atoms with E-state index in [9.17, 15) is 9.59 Å². The van der Waals surface area contributed by atoms with Crippen molar-refractivity contribution < 1.29 is 4.79 Å².